The van der Waals surface area contributed by atoms with E-state index in [1.807, 2.05) is 17.6 Å². The Hall–Kier alpha value is -1.96. The number of aryl methyl sites for hydroxylation is 2. The zero-order valence-corrected chi connectivity index (χ0v) is 15.4. The van der Waals surface area contributed by atoms with Crippen molar-refractivity contribution in [2.45, 2.75) is 57.9 Å². The fourth-order valence-electron chi connectivity index (χ4n) is 4.10. The molecule has 1 saturated heterocycles. The summed E-state index contributed by atoms with van der Waals surface area (Å²) in [7, 11) is 0. The summed E-state index contributed by atoms with van der Waals surface area (Å²) < 4.78 is 4.31. The van der Waals surface area contributed by atoms with Crippen molar-refractivity contribution >= 4 is 21.4 Å². The van der Waals surface area contributed by atoms with Crippen LogP contribution in [0.5, 0.6) is 0 Å². The van der Waals surface area contributed by atoms with Crippen molar-refractivity contribution in [2.75, 3.05) is 18.0 Å². The molecule has 0 N–H and O–H groups in total. The molecule has 1 unspecified atom stereocenters. The van der Waals surface area contributed by atoms with Crippen LogP contribution in [0, 0.1) is 6.92 Å². The van der Waals surface area contributed by atoms with Gasteiger partial charge < -0.3 is 9.47 Å². The highest BCUT2D eigenvalue weighted by atomic mass is 32.1. The third-order valence-electron chi connectivity index (χ3n) is 5.35. The van der Waals surface area contributed by atoms with E-state index in [-0.39, 0.29) is 0 Å². The van der Waals surface area contributed by atoms with E-state index in [2.05, 4.69) is 24.6 Å². The smallest absolute Gasteiger partial charge is 0.214 e. The van der Waals surface area contributed by atoms with Gasteiger partial charge >= 0.3 is 0 Å². The van der Waals surface area contributed by atoms with E-state index in [9.17, 15) is 0 Å². The molecule has 2 aliphatic heterocycles. The summed E-state index contributed by atoms with van der Waals surface area (Å²) in [4.78, 5) is 7.91. The minimum absolute atomic E-state index is 0.450. The Balaban J connectivity index is 1.40. The predicted molar refractivity (Wildman–Crippen MR) is 97.4 cm³/mol. The molecule has 0 bridgehead atoms. The molecule has 7 nitrogen and oxygen atoms in total. The standard InChI is InChI=1S/C17H23N7S/c1-12-10-24-16(18-12)25-17(21-24)22-8-5-6-13(11-22)15-20-19-14-7-3-2-4-9-23(14)15/h10,13H,2-9,11H2,1H3. The van der Waals surface area contributed by atoms with E-state index < -0.39 is 0 Å². The SMILES string of the molecule is Cc1cn2nc(N3CCCC(c4nnc5n4CCCCC5)C3)sc2n1. The highest BCUT2D eigenvalue weighted by Gasteiger charge is 2.29. The lowest BCUT2D eigenvalue weighted by Crippen LogP contribution is -2.35. The molecule has 132 valence electrons. The highest BCUT2D eigenvalue weighted by Crippen LogP contribution is 2.32. The lowest BCUT2D eigenvalue weighted by Gasteiger charge is -2.31. The second-order valence-electron chi connectivity index (χ2n) is 7.22. The zero-order chi connectivity index (χ0) is 16.8. The molecule has 5 heterocycles. The van der Waals surface area contributed by atoms with Gasteiger partial charge in [0, 0.05) is 32.0 Å². The summed E-state index contributed by atoms with van der Waals surface area (Å²) in [6, 6.07) is 0. The molecular formula is C17H23N7S. The van der Waals surface area contributed by atoms with Crippen LogP contribution in [0.4, 0.5) is 5.13 Å². The normalized spacial score (nSPS) is 21.5. The van der Waals surface area contributed by atoms with E-state index >= 15 is 0 Å². The van der Waals surface area contributed by atoms with Gasteiger partial charge in [-0.3, -0.25) is 0 Å². The molecule has 5 rings (SSSR count). The van der Waals surface area contributed by atoms with Crippen LogP contribution in [0.1, 0.15) is 55.4 Å². The van der Waals surface area contributed by atoms with Crippen molar-refractivity contribution in [3.05, 3.63) is 23.5 Å². The molecule has 0 radical (unpaired) electrons. The third kappa shape index (κ3) is 2.72. The van der Waals surface area contributed by atoms with Gasteiger partial charge in [-0.2, -0.15) is 0 Å². The molecule has 2 aliphatic rings. The Bertz CT molecular complexity index is 861. The maximum absolute atomic E-state index is 4.73. The fraction of sp³-hybridized carbons (Fsp3) is 0.647. The first-order chi connectivity index (χ1) is 12.3. The summed E-state index contributed by atoms with van der Waals surface area (Å²) in [5, 5.41) is 14.9. The topological polar surface area (TPSA) is 64.1 Å². The van der Waals surface area contributed by atoms with Gasteiger partial charge in [-0.05, 0) is 32.6 Å². The molecule has 0 aromatic carbocycles. The number of hydrogen-bond donors (Lipinski definition) is 0. The first-order valence-corrected chi connectivity index (χ1v) is 10.1. The average Bonchev–Trinajstić information content (AvgIpc) is 3.23. The summed E-state index contributed by atoms with van der Waals surface area (Å²) in [6.07, 6.45) is 9.23. The average molecular weight is 357 g/mol. The zero-order valence-electron chi connectivity index (χ0n) is 14.6. The molecule has 3 aromatic rings. The molecular weight excluding hydrogens is 334 g/mol. The lowest BCUT2D eigenvalue weighted by atomic mass is 9.97. The van der Waals surface area contributed by atoms with Gasteiger partial charge in [0.2, 0.25) is 10.1 Å². The predicted octanol–water partition coefficient (Wildman–Crippen LogP) is 2.80. The van der Waals surface area contributed by atoms with E-state index in [0.717, 1.165) is 41.8 Å². The number of aromatic nitrogens is 6. The summed E-state index contributed by atoms with van der Waals surface area (Å²) >= 11 is 1.68. The van der Waals surface area contributed by atoms with Crippen molar-refractivity contribution < 1.29 is 0 Å². The number of rotatable bonds is 2. The molecule has 0 amide bonds. The van der Waals surface area contributed by atoms with Crippen molar-refractivity contribution in [1.82, 2.24) is 29.4 Å². The van der Waals surface area contributed by atoms with Crippen LogP contribution >= 0.6 is 11.3 Å². The van der Waals surface area contributed by atoms with Crippen LogP contribution in [0.25, 0.3) is 4.96 Å². The first kappa shape index (κ1) is 15.3. The van der Waals surface area contributed by atoms with Crippen LogP contribution in [0.15, 0.2) is 6.20 Å². The fourth-order valence-corrected chi connectivity index (χ4v) is 5.06. The van der Waals surface area contributed by atoms with Gasteiger partial charge in [0.15, 0.2) is 0 Å². The third-order valence-corrected chi connectivity index (χ3v) is 6.33. The molecule has 1 atom stereocenters. The number of imidazole rings is 1. The van der Waals surface area contributed by atoms with E-state index in [1.54, 1.807) is 11.3 Å². The summed E-state index contributed by atoms with van der Waals surface area (Å²) in [6.45, 7) is 5.13. The van der Waals surface area contributed by atoms with E-state index in [0.29, 0.717) is 5.92 Å². The quantitative estimate of drug-likeness (QED) is 0.706. The molecule has 25 heavy (non-hydrogen) atoms. The highest BCUT2D eigenvalue weighted by molar-refractivity contribution is 7.20. The summed E-state index contributed by atoms with van der Waals surface area (Å²) in [5.41, 5.74) is 1.02. The Morgan fingerprint density at radius 3 is 3.00 bits per heavy atom. The van der Waals surface area contributed by atoms with E-state index in [1.165, 1.54) is 43.8 Å². The van der Waals surface area contributed by atoms with Gasteiger partial charge in [0.05, 0.1) is 11.9 Å². The van der Waals surface area contributed by atoms with Crippen LogP contribution in [-0.2, 0) is 13.0 Å². The van der Waals surface area contributed by atoms with Gasteiger partial charge in [-0.1, -0.05) is 17.8 Å². The largest absolute Gasteiger partial charge is 0.346 e. The van der Waals surface area contributed by atoms with Gasteiger partial charge in [-0.15, -0.1) is 15.3 Å². The number of anilines is 1. The first-order valence-electron chi connectivity index (χ1n) is 9.27. The molecule has 0 saturated carbocycles. The number of piperidine rings is 1. The maximum atomic E-state index is 4.73. The minimum atomic E-state index is 0.450. The molecule has 0 spiro atoms. The number of hydrogen-bond acceptors (Lipinski definition) is 6. The minimum Gasteiger partial charge on any atom is -0.346 e. The van der Waals surface area contributed by atoms with Gasteiger partial charge in [0.25, 0.3) is 0 Å². The molecule has 3 aromatic heterocycles. The maximum Gasteiger partial charge on any atom is 0.214 e. The van der Waals surface area contributed by atoms with Crippen molar-refractivity contribution in [2.24, 2.45) is 0 Å². The summed E-state index contributed by atoms with van der Waals surface area (Å²) in [5.74, 6) is 2.83. The van der Waals surface area contributed by atoms with Crippen molar-refractivity contribution in [3.63, 3.8) is 0 Å². The molecule has 0 aliphatic carbocycles. The second kappa shape index (κ2) is 6.09. The van der Waals surface area contributed by atoms with Crippen LogP contribution in [0.3, 0.4) is 0 Å². The second-order valence-corrected chi connectivity index (χ2v) is 8.15. The number of fused-ring (bicyclic) bond motifs is 2. The molecule has 8 heteroatoms. The van der Waals surface area contributed by atoms with Crippen LogP contribution in [0.2, 0.25) is 0 Å². The monoisotopic (exact) mass is 357 g/mol. The Morgan fingerprint density at radius 1 is 1.12 bits per heavy atom. The van der Waals surface area contributed by atoms with Crippen molar-refractivity contribution in [3.8, 4) is 0 Å². The Morgan fingerprint density at radius 2 is 2.08 bits per heavy atom. The lowest BCUT2D eigenvalue weighted by molar-refractivity contribution is 0.464. The van der Waals surface area contributed by atoms with Gasteiger partial charge in [0.1, 0.15) is 11.6 Å². The number of nitrogens with zero attached hydrogens (tertiary/aromatic N) is 7. The van der Waals surface area contributed by atoms with E-state index in [4.69, 9.17) is 5.10 Å². The van der Waals surface area contributed by atoms with Gasteiger partial charge in [-0.25, -0.2) is 9.50 Å². The van der Waals surface area contributed by atoms with Crippen LogP contribution < -0.4 is 4.90 Å². The molecule has 1 fully saturated rings. The Kier molecular flexibility index (Phi) is 3.73. The Labute approximate surface area is 150 Å². The van der Waals surface area contributed by atoms with Crippen molar-refractivity contribution in [1.29, 1.82) is 0 Å². The van der Waals surface area contributed by atoms with Crippen LogP contribution in [-0.4, -0.2) is 42.5 Å².